The highest BCUT2D eigenvalue weighted by atomic mass is 16.6. The number of hydrogen-bond acceptors (Lipinski definition) is 13. The van der Waals surface area contributed by atoms with E-state index >= 15 is 0 Å². The van der Waals surface area contributed by atoms with E-state index in [1.54, 1.807) is 78.1 Å². The van der Waals surface area contributed by atoms with Crippen molar-refractivity contribution in [3.63, 3.8) is 0 Å². The molecular formula is C52H70N8O12. The fourth-order valence-electron chi connectivity index (χ4n) is 7.90. The highest BCUT2D eigenvalue weighted by Gasteiger charge is 2.39. The lowest BCUT2D eigenvalue weighted by molar-refractivity contribution is -0.145. The van der Waals surface area contributed by atoms with Crippen LogP contribution in [0.5, 0.6) is 0 Å². The number of fused-ring (bicyclic) bond motifs is 1. The lowest BCUT2D eigenvalue weighted by atomic mass is 10.0. The van der Waals surface area contributed by atoms with Crippen LogP contribution in [-0.4, -0.2) is 127 Å². The van der Waals surface area contributed by atoms with Gasteiger partial charge in [0, 0.05) is 56.1 Å². The molecular weight excluding hydrogens is 929 g/mol. The summed E-state index contributed by atoms with van der Waals surface area (Å²) in [7, 11) is 1.22. The maximum atomic E-state index is 14.7. The molecule has 0 saturated carbocycles. The van der Waals surface area contributed by atoms with Crippen LogP contribution in [0.2, 0.25) is 0 Å². The number of esters is 1. The predicted molar refractivity (Wildman–Crippen MR) is 267 cm³/mol. The van der Waals surface area contributed by atoms with Gasteiger partial charge in [-0.2, -0.15) is 0 Å². The number of nitrogens with zero attached hydrogens (tertiary/aromatic N) is 1. The van der Waals surface area contributed by atoms with Crippen LogP contribution >= 0.6 is 0 Å². The Hall–Kier alpha value is -7.35. The monoisotopic (exact) mass is 999 g/mol. The fraction of sp³-hybridized carbons (Fsp3) is 0.481. The van der Waals surface area contributed by atoms with Gasteiger partial charge in [0.1, 0.15) is 42.0 Å². The first kappa shape index (κ1) is 55.6. The second-order valence-corrected chi connectivity index (χ2v) is 19.4. The van der Waals surface area contributed by atoms with Crippen molar-refractivity contribution in [2.75, 3.05) is 39.8 Å². The molecule has 1 saturated heterocycles. The van der Waals surface area contributed by atoms with Gasteiger partial charge >= 0.3 is 30.3 Å². The molecule has 0 radical (unpaired) electrons. The lowest BCUT2D eigenvalue weighted by Gasteiger charge is -2.28. The number of aromatic amines is 1. The Bertz CT molecular complexity index is 2420. The Balaban J connectivity index is 1.31. The summed E-state index contributed by atoms with van der Waals surface area (Å²) in [5, 5.41) is 17.8. The van der Waals surface area contributed by atoms with Crippen LogP contribution in [0.1, 0.15) is 90.0 Å². The summed E-state index contributed by atoms with van der Waals surface area (Å²) in [6, 6.07) is 21.6. The zero-order valence-corrected chi connectivity index (χ0v) is 42.2. The summed E-state index contributed by atoms with van der Waals surface area (Å²) in [6.07, 6.45) is -0.317. The third kappa shape index (κ3) is 18.4. The maximum absolute atomic E-state index is 14.7. The van der Waals surface area contributed by atoms with E-state index in [1.807, 2.05) is 54.6 Å². The Labute approximate surface area is 420 Å². The number of para-hydroxylation sites is 1. The van der Waals surface area contributed by atoms with Crippen LogP contribution < -0.4 is 31.9 Å². The van der Waals surface area contributed by atoms with Crippen molar-refractivity contribution < 1.29 is 57.2 Å². The molecule has 20 nitrogen and oxygen atoms in total. The average Bonchev–Trinajstić information content (AvgIpc) is 3.94. The van der Waals surface area contributed by atoms with Crippen molar-refractivity contribution in [3.8, 4) is 0 Å². The summed E-state index contributed by atoms with van der Waals surface area (Å²) in [5.74, 6) is -1.89. The first-order chi connectivity index (χ1) is 34.3. The summed E-state index contributed by atoms with van der Waals surface area (Å²) >= 11 is 0. The molecule has 72 heavy (non-hydrogen) atoms. The van der Waals surface area contributed by atoms with E-state index in [1.165, 1.54) is 12.0 Å². The summed E-state index contributed by atoms with van der Waals surface area (Å²) in [5.41, 5.74) is 1.53. The predicted octanol–water partition coefficient (Wildman–Crippen LogP) is 5.91. The quantitative estimate of drug-likeness (QED) is 0.0275. The van der Waals surface area contributed by atoms with E-state index in [9.17, 15) is 33.6 Å². The van der Waals surface area contributed by atoms with Gasteiger partial charge in [0.2, 0.25) is 11.8 Å². The number of methoxy groups -OCH3 is 1. The number of benzene rings is 3. The van der Waals surface area contributed by atoms with Crippen LogP contribution in [0.25, 0.3) is 10.9 Å². The van der Waals surface area contributed by atoms with Crippen molar-refractivity contribution in [1.29, 1.82) is 0 Å². The van der Waals surface area contributed by atoms with Crippen molar-refractivity contribution in [1.82, 2.24) is 41.8 Å². The topological polar surface area (TPSA) is 257 Å². The van der Waals surface area contributed by atoms with Crippen LogP contribution in [0.15, 0.2) is 91.1 Å². The second-order valence-electron chi connectivity index (χ2n) is 19.4. The number of amides is 6. The largest absolute Gasteiger partial charge is 0.467 e. The molecule has 3 aromatic carbocycles. The summed E-state index contributed by atoms with van der Waals surface area (Å²) in [6.45, 7) is 10.9. The number of nitrogens with one attached hydrogen (secondary N) is 7. The van der Waals surface area contributed by atoms with Crippen molar-refractivity contribution >= 4 is 53.1 Å². The van der Waals surface area contributed by atoms with Gasteiger partial charge in [-0.15, -0.1) is 0 Å². The Morgan fingerprint density at radius 1 is 0.708 bits per heavy atom. The van der Waals surface area contributed by atoms with E-state index in [4.69, 9.17) is 23.7 Å². The molecule has 0 unspecified atom stereocenters. The third-order valence-electron chi connectivity index (χ3n) is 11.2. The second kappa shape index (κ2) is 26.7. The molecule has 4 aromatic rings. The number of aromatic nitrogens is 1. The molecule has 0 spiro atoms. The molecule has 5 atom stereocenters. The number of hydrogen-bond donors (Lipinski definition) is 7. The SMILES string of the molecule is COC(=O)[C@H](CCCCNC(=O)OC(C)(C)C)NC(=O)[C@@H](Cc1c[nH]c2ccccc12)NC(=O)[C@@H](NC[C@@H]1C[C@@H](OC(=O)NCCNC(=O)OC(C)(C)C)CN1C(=O)OCc1ccccc1)c1ccccc1. The summed E-state index contributed by atoms with van der Waals surface area (Å²) in [4.78, 5) is 97.8. The molecule has 7 N–H and O–H groups in total. The molecule has 2 heterocycles. The lowest BCUT2D eigenvalue weighted by Crippen LogP contribution is -2.54. The van der Waals surface area contributed by atoms with Gasteiger partial charge in [-0.3, -0.25) is 9.59 Å². The van der Waals surface area contributed by atoms with E-state index in [2.05, 4.69) is 36.9 Å². The minimum atomic E-state index is -1.20. The zero-order valence-electron chi connectivity index (χ0n) is 42.2. The molecule has 1 aliphatic heterocycles. The van der Waals surface area contributed by atoms with Gasteiger partial charge in [-0.25, -0.2) is 24.0 Å². The van der Waals surface area contributed by atoms with Crippen molar-refractivity contribution in [3.05, 3.63) is 108 Å². The highest BCUT2D eigenvalue weighted by molar-refractivity contribution is 5.93. The van der Waals surface area contributed by atoms with Gasteiger partial charge in [0.15, 0.2) is 0 Å². The first-order valence-corrected chi connectivity index (χ1v) is 24.2. The Morgan fingerprint density at radius 3 is 1.96 bits per heavy atom. The van der Waals surface area contributed by atoms with Crippen LogP contribution in [0.3, 0.4) is 0 Å². The highest BCUT2D eigenvalue weighted by Crippen LogP contribution is 2.25. The number of alkyl carbamates (subject to hydrolysis) is 3. The van der Waals surface area contributed by atoms with Crippen LogP contribution in [-0.2, 0) is 51.1 Å². The standard InChI is InChI=1S/C52H70N8O12/c1-51(2,3)71-48(65)53-25-17-16-24-41(46(63)68-7)58-44(61)42(28-36-30-56-40-23-15-14-22-39(36)40)59-45(62)43(35-20-12-9-13-21-35)57-31-37-29-38(32-60(37)50(67)69-33-34-18-10-8-11-19-34)70-47(64)54-26-27-55-49(66)72-52(4,5)6/h8-15,18-23,30,37-38,41-43,56-57H,16-17,24-29,31-33H2,1-7H3,(H,53,65)(H,54,64)(H,55,66)(H,58,61)(H,59,62)/t37-,38+,41-,42+,43-/m0/s1. The maximum Gasteiger partial charge on any atom is 0.410 e. The van der Waals surface area contributed by atoms with Gasteiger partial charge in [0.05, 0.1) is 19.7 Å². The molecule has 1 aliphatic rings. The fourth-order valence-corrected chi connectivity index (χ4v) is 7.90. The first-order valence-electron chi connectivity index (χ1n) is 24.2. The molecule has 6 amide bonds. The van der Waals surface area contributed by atoms with Gasteiger partial charge in [-0.05, 0) is 83.6 Å². The zero-order chi connectivity index (χ0) is 52.3. The van der Waals surface area contributed by atoms with E-state index in [0.717, 1.165) is 22.0 Å². The number of H-pyrrole nitrogens is 1. The van der Waals surface area contributed by atoms with Crippen LogP contribution in [0.4, 0.5) is 19.2 Å². The summed E-state index contributed by atoms with van der Waals surface area (Å²) < 4.78 is 27.0. The van der Waals surface area contributed by atoms with Gasteiger partial charge in [-0.1, -0.05) is 78.9 Å². The van der Waals surface area contributed by atoms with Gasteiger partial charge in [0.25, 0.3) is 0 Å². The number of carbonyl (C=O) groups excluding carboxylic acids is 7. The average molecular weight is 999 g/mol. The number of rotatable bonds is 22. The smallest absolute Gasteiger partial charge is 0.410 e. The molecule has 5 rings (SSSR count). The Kier molecular flexibility index (Phi) is 20.6. The minimum Gasteiger partial charge on any atom is -0.467 e. The van der Waals surface area contributed by atoms with E-state index in [0.29, 0.717) is 18.4 Å². The molecule has 1 aromatic heterocycles. The number of ether oxygens (including phenoxy) is 5. The van der Waals surface area contributed by atoms with Crippen LogP contribution in [0, 0.1) is 0 Å². The number of unbranched alkanes of at least 4 members (excludes halogenated alkanes) is 1. The molecule has 20 heteroatoms. The molecule has 0 bridgehead atoms. The normalized spacial score (nSPS) is 15.8. The van der Waals surface area contributed by atoms with Crippen molar-refractivity contribution in [2.24, 2.45) is 0 Å². The van der Waals surface area contributed by atoms with E-state index in [-0.39, 0.29) is 58.6 Å². The minimum absolute atomic E-state index is 0.00987. The van der Waals surface area contributed by atoms with E-state index < -0.39 is 83.6 Å². The molecule has 390 valence electrons. The van der Waals surface area contributed by atoms with Gasteiger partial charge < -0.3 is 65.5 Å². The van der Waals surface area contributed by atoms with Crippen molar-refractivity contribution in [2.45, 2.75) is 122 Å². The molecule has 1 fully saturated rings. The number of carbonyl (C=O) groups is 7. The number of likely N-dealkylation sites (tertiary alicyclic amines) is 1. The third-order valence-corrected chi connectivity index (χ3v) is 11.2. The molecule has 0 aliphatic carbocycles. The Morgan fingerprint density at radius 2 is 1.31 bits per heavy atom.